The molecular weight excluding hydrogens is 240 g/mol. The van der Waals surface area contributed by atoms with Crippen molar-refractivity contribution in [3.63, 3.8) is 0 Å². The summed E-state index contributed by atoms with van der Waals surface area (Å²) in [6.45, 7) is 9.21. The van der Waals surface area contributed by atoms with Gasteiger partial charge >= 0.3 is 0 Å². The summed E-state index contributed by atoms with van der Waals surface area (Å²) in [6, 6.07) is 10.2. The first kappa shape index (κ1) is 14.9. The summed E-state index contributed by atoms with van der Waals surface area (Å²) in [5, 5.41) is 0.622. The van der Waals surface area contributed by atoms with E-state index in [0.29, 0.717) is 11.7 Å². The SMILES string of the molecule is CCOC(=S)/C(=C\c1ccccc1)CC(C)(C)C. The fraction of sp³-hybridized carbons (Fsp3) is 0.438. The Hall–Kier alpha value is -1.15. The number of benzene rings is 1. The lowest BCUT2D eigenvalue weighted by molar-refractivity contribution is 0.329. The Morgan fingerprint density at radius 1 is 1.22 bits per heavy atom. The van der Waals surface area contributed by atoms with E-state index in [1.165, 1.54) is 5.56 Å². The van der Waals surface area contributed by atoms with E-state index in [1.807, 2.05) is 25.1 Å². The maximum atomic E-state index is 5.49. The first-order valence-electron chi connectivity index (χ1n) is 6.35. The van der Waals surface area contributed by atoms with Crippen molar-refractivity contribution in [2.24, 2.45) is 5.41 Å². The van der Waals surface area contributed by atoms with Crippen LogP contribution in [0.15, 0.2) is 35.9 Å². The van der Waals surface area contributed by atoms with Gasteiger partial charge in [-0.3, -0.25) is 0 Å². The number of ether oxygens (including phenoxy) is 1. The van der Waals surface area contributed by atoms with Crippen LogP contribution in [-0.2, 0) is 4.74 Å². The Morgan fingerprint density at radius 3 is 2.33 bits per heavy atom. The molecule has 0 aliphatic rings. The summed E-state index contributed by atoms with van der Waals surface area (Å²) in [4.78, 5) is 0. The first-order chi connectivity index (χ1) is 8.42. The summed E-state index contributed by atoms with van der Waals surface area (Å²) in [6.07, 6.45) is 3.05. The smallest absolute Gasteiger partial charge is 0.186 e. The van der Waals surface area contributed by atoms with Crippen molar-refractivity contribution in [2.45, 2.75) is 34.1 Å². The van der Waals surface area contributed by atoms with Crippen molar-refractivity contribution in [2.75, 3.05) is 6.61 Å². The number of hydrogen-bond donors (Lipinski definition) is 0. The van der Waals surface area contributed by atoms with E-state index in [-0.39, 0.29) is 5.41 Å². The van der Waals surface area contributed by atoms with Gasteiger partial charge in [-0.2, -0.15) is 0 Å². The van der Waals surface area contributed by atoms with Crippen molar-refractivity contribution in [1.82, 2.24) is 0 Å². The van der Waals surface area contributed by atoms with E-state index in [9.17, 15) is 0 Å². The molecule has 0 N–H and O–H groups in total. The van der Waals surface area contributed by atoms with Gasteiger partial charge in [-0.1, -0.05) is 51.1 Å². The lowest BCUT2D eigenvalue weighted by Gasteiger charge is -2.21. The third-order valence-corrected chi connectivity index (χ3v) is 2.78. The van der Waals surface area contributed by atoms with E-state index in [2.05, 4.69) is 39.0 Å². The van der Waals surface area contributed by atoms with Gasteiger partial charge in [0.2, 0.25) is 0 Å². The van der Waals surface area contributed by atoms with Gasteiger partial charge in [0.25, 0.3) is 0 Å². The van der Waals surface area contributed by atoms with E-state index in [1.54, 1.807) is 0 Å². The minimum atomic E-state index is 0.196. The van der Waals surface area contributed by atoms with Gasteiger partial charge in [-0.15, -0.1) is 0 Å². The van der Waals surface area contributed by atoms with Crippen LogP contribution in [0.4, 0.5) is 0 Å². The van der Waals surface area contributed by atoms with Gasteiger partial charge in [0, 0.05) is 5.57 Å². The molecule has 0 amide bonds. The molecule has 98 valence electrons. The highest BCUT2D eigenvalue weighted by Gasteiger charge is 2.17. The van der Waals surface area contributed by atoms with Crippen molar-refractivity contribution in [3.8, 4) is 0 Å². The minimum absolute atomic E-state index is 0.196. The minimum Gasteiger partial charge on any atom is -0.483 e. The molecule has 18 heavy (non-hydrogen) atoms. The quantitative estimate of drug-likeness (QED) is 0.565. The molecule has 0 saturated heterocycles. The van der Waals surface area contributed by atoms with Crippen molar-refractivity contribution >= 4 is 23.3 Å². The van der Waals surface area contributed by atoms with Gasteiger partial charge in [0.05, 0.1) is 6.61 Å². The fourth-order valence-electron chi connectivity index (χ4n) is 1.73. The Balaban J connectivity index is 2.97. The van der Waals surface area contributed by atoms with Crippen LogP contribution in [0, 0.1) is 5.41 Å². The molecule has 0 aliphatic carbocycles. The standard InChI is InChI=1S/C16H22OS/c1-5-17-15(18)14(12-16(2,3)4)11-13-9-7-6-8-10-13/h6-11H,5,12H2,1-4H3/b14-11-. The summed E-state index contributed by atoms with van der Waals surface area (Å²) < 4.78 is 5.49. The van der Waals surface area contributed by atoms with Crippen LogP contribution in [0.25, 0.3) is 6.08 Å². The lowest BCUT2D eigenvalue weighted by Crippen LogP contribution is -2.13. The third-order valence-electron chi connectivity index (χ3n) is 2.40. The summed E-state index contributed by atoms with van der Waals surface area (Å²) in [5.41, 5.74) is 2.46. The third kappa shape index (κ3) is 5.46. The summed E-state index contributed by atoms with van der Waals surface area (Å²) >= 11 is 5.35. The molecule has 0 radical (unpaired) electrons. The molecule has 0 aliphatic heterocycles. The molecule has 0 saturated carbocycles. The molecule has 1 rings (SSSR count). The van der Waals surface area contributed by atoms with Crippen LogP contribution in [0.1, 0.15) is 39.7 Å². The molecule has 0 bridgehead atoms. The van der Waals surface area contributed by atoms with E-state index in [0.717, 1.165) is 12.0 Å². The van der Waals surface area contributed by atoms with E-state index >= 15 is 0 Å². The molecule has 1 aromatic rings. The highest BCUT2D eigenvalue weighted by atomic mass is 32.1. The van der Waals surface area contributed by atoms with Gasteiger partial charge in [-0.25, -0.2) is 0 Å². The van der Waals surface area contributed by atoms with Crippen LogP contribution >= 0.6 is 12.2 Å². The van der Waals surface area contributed by atoms with Gasteiger partial charge in [0.15, 0.2) is 5.05 Å². The predicted molar refractivity (Wildman–Crippen MR) is 82.7 cm³/mol. The highest BCUT2D eigenvalue weighted by Crippen LogP contribution is 2.26. The molecule has 0 unspecified atom stereocenters. The largest absolute Gasteiger partial charge is 0.483 e. The normalized spacial score (nSPS) is 12.3. The van der Waals surface area contributed by atoms with Crippen LogP contribution in [0.3, 0.4) is 0 Å². The zero-order valence-electron chi connectivity index (χ0n) is 11.7. The monoisotopic (exact) mass is 262 g/mol. The predicted octanol–water partition coefficient (Wildman–Crippen LogP) is 4.87. The summed E-state index contributed by atoms with van der Waals surface area (Å²) in [5.74, 6) is 0. The summed E-state index contributed by atoms with van der Waals surface area (Å²) in [7, 11) is 0. The fourth-order valence-corrected chi connectivity index (χ4v) is 1.98. The van der Waals surface area contributed by atoms with Crippen molar-refractivity contribution in [3.05, 3.63) is 41.5 Å². The topological polar surface area (TPSA) is 9.23 Å². The number of rotatable bonds is 4. The Morgan fingerprint density at radius 2 is 1.83 bits per heavy atom. The van der Waals surface area contributed by atoms with Crippen LogP contribution in [-0.4, -0.2) is 11.7 Å². The zero-order valence-corrected chi connectivity index (χ0v) is 12.5. The highest BCUT2D eigenvalue weighted by molar-refractivity contribution is 7.80. The Bertz CT molecular complexity index is 412. The molecule has 0 heterocycles. The molecule has 0 spiro atoms. The van der Waals surface area contributed by atoms with Crippen LogP contribution in [0.2, 0.25) is 0 Å². The van der Waals surface area contributed by atoms with E-state index in [4.69, 9.17) is 17.0 Å². The second-order valence-corrected chi connectivity index (χ2v) is 5.91. The van der Waals surface area contributed by atoms with Gasteiger partial charge in [0.1, 0.15) is 0 Å². The second-order valence-electron chi connectivity index (χ2n) is 5.54. The molecule has 0 atom stereocenters. The molecule has 0 fully saturated rings. The second kappa shape index (κ2) is 6.69. The van der Waals surface area contributed by atoms with Crippen LogP contribution in [0.5, 0.6) is 0 Å². The Kier molecular flexibility index (Phi) is 5.54. The molecule has 1 nitrogen and oxygen atoms in total. The molecule has 2 heteroatoms. The van der Waals surface area contributed by atoms with Gasteiger partial charge in [-0.05, 0) is 42.6 Å². The van der Waals surface area contributed by atoms with Crippen LogP contribution < -0.4 is 0 Å². The van der Waals surface area contributed by atoms with Crippen molar-refractivity contribution < 1.29 is 4.74 Å². The van der Waals surface area contributed by atoms with Gasteiger partial charge < -0.3 is 4.74 Å². The lowest BCUT2D eigenvalue weighted by atomic mass is 9.87. The van der Waals surface area contributed by atoms with Crippen molar-refractivity contribution in [1.29, 1.82) is 0 Å². The maximum absolute atomic E-state index is 5.49. The first-order valence-corrected chi connectivity index (χ1v) is 6.76. The molecular formula is C16H22OS. The van der Waals surface area contributed by atoms with E-state index < -0.39 is 0 Å². The number of hydrogen-bond acceptors (Lipinski definition) is 2. The maximum Gasteiger partial charge on any atom is 0.186 e. The molecule has 0 aromatic heterocycles. The number of thiocarbonyl (C=S) groups is 1. The molecule has 1 aromatic carbocycles. The zero-order chi connectivity index (χ0) is 13.6. The average molecular weight is 262 g/mol. The Labute approximate surface area is 116 Å². The average Bonchev–Trinajstić information content (AvgIpc) is 2.28.